The number of para-hydroxylation sites is 2. The molecule has 122 valence electrons. The van der Waals surface area contributed by atoms with Gasteiger partial charge < -0.3 is 9.40 Å². The smallest absolute Gasteiger partial charge is 0.146 e. The van der Waals surface area contributed by atoms with Gasteiger partial charge in [0.2, 0.25) is 0 Å². The Bertz CT molecular complexity index is 981. The van der Waals surface area contributed by atoms with E-state index in [1.165, 1.54) is 0 Å². The molecule has 0 spiro atoms. The fraction of sp³-hybridized carbons (Fsp3) is 0.0500. The summed E-state index contributed by atoms with van der Waals surface area (Å²) in [6, 6.07) is 21.6. The first-order chi connectivity index (χ1) is 12.4. The lowest BCUT2D eigenvalue weighted by atomic mass is 10.1. The van der Waals surface area contributed by atoms with Gasteiger partial charge in [-0.25, -0.2) is 4.98 Å². The molecule has 0 amide bonds. The number of hydrogen-bond donors (Lipinski definition) is 1. The number of fused-ring (bicyclic) bond motifs is 1. The molecule has 0 aliphatic rings. The van der Waals surface area contributed by atoms with Gasteiger partial charge in [0.05, 0.1) is 35.6 Å². The number of H-pyrrole nitrogens is 1. The largest absolute Gasteiger partial charge is 0.463 e. The van der Waals surface area contributed by atoms with E-state index in [9.17, 15) is 0 Å². The van der Waals surface area contributed by atoms with Crippen molar-refractivity contribution in [2.75, 3.05) is 0 Å². The second-order valence-electron chi connectivity index (χ2n) is 5.55. The monoisotopic (exact) mass is 328 g/mol. The van der Waals surface area contributed by atoms with Crippen molar-refractivity contribution >= 4 is 23.0 Å². The fourth-order valence-corrected chi connectivity index (χ4v) is 2.59. The number of furan rings is 1. The first-order valence-corrected chi connectivity index (χ1v) is 8.01. The summed E-state index contributed by atoms with van der Waals surface area (Å²) < 4.78 is 5.24. The van der Waals surface area contributed by atoms with E-state index in [2.05, 4.69) is 20.2 Å². The molecule has 2 heterocycles. The summed E-state index contributed by atoms with van der Waals surface area (Å²) >= 11 is 0. The number of rotatable bonds is 5. The van der Waals surface area contributed by atoms with Crippen LogP contribution in [0.1, 0.15) is 17.1 Å². The van der Waals surface area contributed by atoms with Crippen LogP contribution in [0, 0.1) is 0 Å². The van der Waals surface area contributed by atoms with Crippen LogP contribution < -0.4 is 0 Å². The van der Waals surface area contributed by atoms with Crippen molar-refractivity contribution in [2.45, 2.75) is 6.42 Å². The molecule has 0 radical (unpaired) electrons. The Labute approximate surface area is 144 Å². The van der Waals surface area contributed by atoms with Crippen LogP contribution in [-0.2, 0) is 6.42 Å². The predicted molar refractivity (Wildman–Crippen MR) is 99.1 cm³/mol. The molecular formula is C20H16N4O. The Morgan fingerprint density at radius 2 is 1.84 bits per heavy atom. The van der Waals surface area contributed by atoms with Crippen LogP contribution in [0.5, 0.6) is 0 Å². The third-order valence-electron chi connectivity index (χ3n) is 3.79. The second-order valence-corrected chi connectivity index (χ2v) is 5.55. The van der Waals surface area contributed by atoms with Crippen LogP contribution in [0.25, 0.3) is 11.0 Å². The molecule has 25 heavy (non-hydrogen) atoms. The number of aromatic amines is 1. The normalized spacial score (nSPS) is 12.2. The van der Waals surface area contributed by atoms with Crippen molar-refractivity contribution in [3.8, 4) is 0 Å². The highest BCUT2D eigenvalue weighted by Gasteiger charge is 2.09. The molecule has 0 saturated carbocycles. The number of aromatic nitrogens is 2. The first kappa shape index (κ1) is 15.1. The molecule has 0 saturated heterocycles. The summed E-state index contributed by atoms with van der Waals surface area (Å²) in [5.74, 6) is 1.52. The molecule has 0 aliphatic carbocycles. The Morgan fingerprint density at radius 3 is 2.64 bits per heavy atom. The van der Waals surface area contributed by atoms with Crippen LogP contribution in [0.15, 0.2) is 87.6 Å². The van der Waals surface area contributed by atoms with Crippen LogP contribution >= 0.6 is 0 Å². The lowest BCUT2D eigenvalue weighted by Gasteiger charge is -2.03. The molecule has 0 atom stereocenters. The van der Waals surface area contributed by atoms with E-state index < -0.39 is 0 Å². The maximum absolute atomic E-state index is 5.24. The van der Waals surface area contributed by atoms with Gasteiger partial charge >= 0.3 is 0 Å². The average molecular weight is 328 g/mol. The summed E-state index contributed by atoms with van der Waals surface area (Å²) in [6.45, 7) is 0. The number of hydrogen-bond acceptors (Lipinski definition) is 4. The third kappa shape index (κ3) is 3.55. The van der Waals surface area contributed by atoms with E-state index in [1.54, 1.807) is 12.5 Å². The number of benzene rings is 2. The van der Waals surface area contributed by atoms with Crippen LogP contribution in [0.2, 0.25) is 0 Å². The van der Waals surface area contributed by atoms with Gasteiger partial charge in [0, 0.05) is 0 Å². The average Bonchev–Trinajstić information content (AvgIpc) is 3.30. The summed E-state index contributed by atoms with van der Waals surface area (Å²) in [6.07, 6.45) is 3.77. The van der Waals surface area contributed by atoms with E-state index in [0.29, 0.717) is 12.2 Å². The van der Waals surface area contributed by atoms with Crippen LogP contribution in [-0.4, -0.2) is 21.9 Å². The molecule has 2 aromatic heterocycles. The van der Waals surface area contributed by atoms with Crippen molar-refractivity contribution in [1.29, 1.82) is 0 Å². The summed E-state index contributed by atoms with van der Waals surface area (Å²) in [5, 5.41) is 8.57. The highest BCUT2D eigenvalue weighted by atomic mass is 16.3. The van der Waals surface area contributed by atoms with E-state index >= 15 is 0 Å². The molecule has 0 aliphatic heterocycles. The Hall–Kier alpha value is -3.47. The molecule has 4 rings (SSSR count). The van der Waals surface area contributed by atoms with E-state index in [0.717, 1.165) is 28.1 Å². The zero-order valence-corrected chi connectivity index (χ0v) is 13.5. The predicted octanol–water partition coefficient (Wildman–Crippen LogP) is 4.22. The fourth-order valence-electron chi connectivity index (χ4n) is 2.59. The lowest BCUT2D eigenvalue weighted by molar-refractivity contribution is 0.560. The molecule has 5 nitrogen and oxygen atoms in total. The zero-order chi connectivity index (χ0) is 16.9. The number of nitrogens with zero attached hydrogens (tertiary/aromatic N) is 3. The maximum atomic E-state index is 5.24. The topological polar surface area (TPSA) is 66.5 Å². The van der Waals surface area contributed by atoms with Gasteiger partial charge in [0.15, 0.2) is 0 Å². The zero-order valence-electron chi connectivity index (χ0n) is 13.5. The molecule has 0 bridgehead atoms. The molecule has 2 aromatic carbocycles. The third-order valence-corrected chi connectivity index (χ3v) is 3.79. The minimum Gasteiger partial charge on any atom is -0.463 e. The number of nitrogens with one attached hydrogen (secondary N) is 1. The highest BCUT2D eigenvalue weighted by molar-refractivity contribution is 6.02. The Balaban J connectivity index is 1.65. The summed E-state index contributed by atoms with van der Waals surface area (Å²) in [5.41, 5.74) is 3.81. The van der Waals surface area contributed by atoms with Crippen molar-refractivity contribution in [1.82, 2.24) is 9.97 Å². The van der Waals surface area contributed by atoms with Crippen molar-refractivity contribution in [2.24, 2.45) is 10.2 Å². The lowest BCUT2D eigenvalue weighted by Crippen LogP contribution is -2.06. The van der Waals surface area contributed by atoms with Crippen molar-refractivity contribution < 1.29 is 4.42 Å². The minimum atomic E-state index is 0.564. The molecule has 0 unspecified atom stereocenters. The van der Waals surface area contributed by atoms with Crippen LogP contribution in [0.4, 0.5) is 0 Å². The molecule has 5 heteroatoms. The second kappa shape index (κ2) is 6.97. The SMILES string of the molecule is C(=NN=C(Cc1nc2ccccc2[nH]1)c1ccccc1)c1ccco1. The van der Waals surface area contributed by atoms with Gasteiger partial charge in [0.1, 0.15) is 11.6 Å². The van der Waals surface area contributed by atoms with Crippen LogP contribution in [0.3, 0.4) is 0 Å². The summed E-state index contributed by atoms with van der Waals surface area (Å²) in [7, 11) is 0. The molecule has 4 aromatic rings. The number of imidazole rings is 1. The van der Waals surface area contributed by atoms with Gasteiger partial charge in [-0.3, -0.25) is 0 Å². The summed E-state index contributed by atoms with van der Waals surface area (Å²) in [4.78, 5) is 7.97. The minimum absolute atomic E-state index is 0.564. The quantitative estimate of drug-likeness (QED) is 0.440. The van der Waals surface area contributed by atoms with Gasteiger partial charge in [-0.2, -0.15) is 10.2 Å². The van der Waals surface area contributed by atoms with E-state index in [4.69, 9.17) is 4.42 Å². The highest BCUT2D eigenvalue weighted by Crippen LogP contribution is 2.13. The molecule has 1 N–H and O–H groups in total. The molecular weight excluding hydrogens is 312 g/mol. The van der Waals surface area contributed by atoms with Crippen molar-refractivity contribution in [3.05, 3.63) is 90.1 Å². The van der Waals surface area contributed by atoms with E-state index in [1.807, 2.05) is 66.7 Å². The van der Waals surface area contributed by atoms with Crippen molar-refractivity contribution in [3.63, 3.8) is 0 Å². The Kier molecular flexibility index (Phi) is 4.20. The van der Waals surface area contributed by atoms with E-state index in [-0.39, 0.29) is 0 Å². The Morgan fingerprint density at radius 1 is 1.00 bits per heavy atom. The molecule has 0 fully saturated rings. The van der Waals surface area contributed by atoms with Gasteiger partial charge in [-0.1, -0.05) is 42.5 Å². The van der Waals surface area contributed by atoms with Gasteiger partial charge in [-0.05, 0) is 29.8 Å². The first-order valence-electron chi connectivity index (χ1n) is 8.01. The standard InChI is InChI=1S/C20H16N4O/c1-2-7-15(8-3-1)19(24-21-14-16-9-6-12-25-16)13-20-22-17-10-4-5-11-18(17)23-20/h1-12,14H,13H2,(H,22,23). The van der Waals surface area contributed by atoms with Gasteiger partial charge in [-0.15, -0.1) is 0 Å². The van der Waals surface area contributed by atoms with Gasteiger partial charge in [0.25, 0.3) is 0 Å². The maximum Gasteiger partial charge on any atom is 0.146 e.